The molecule has 4 nitrogen and oxygen atoms in total. The highest BCUT2D eigenvalue weighted by Gasteiger charge is 2.16. The number of aliphatic hydroxyl groups is 1. The summed E-state index contributed by atoms with van der Waals surface area (Å²) in [4.78, 5) is 17.6. The van der Waals surface area contributed by atoms with Crippen molar-refractivity contribution in [3.05, 3.63) is 29.6 Å². The number of hydrogen-bond donors (Lipinski definition) is 1. The van der Waals surface area contributed by atoms with E-state index in [1.54, 1.807) is 26.2 Å². The van der Waals surface area contributed by atoms with E-state index in [-0.39, 0.29) is 18.6 Å². The van der Waals surface area contributed by atoms with Crippen molar-refractivity contribution in [2.45, 2.75) is 26.3 Å². The van der Waals surface area contributed by atoms with Crippen LogP contribution in [0.3, 0.4) is 0 Å². The monoisotopic (exact) mass is 222 g/mol. The first-order valence-corrected chi connectivity index (χ1v) is 5.43. The van der Waals surface area contributed by atoms with Crippen LogP contribution in [-0.4, -0.2) is 40.6 Å². The summed E-state index contributed by atoms with van der Waals surface area (Å²) in [6, 6.07) is 3.44. The Kier molecular flexibility index (Phi) is 4.43. The van der Waals surface area contributed by atoms with E-state index in [2.05, 4.69) is 4.98 Å². The second-order valence-electron chi connectivity index (χ2n) is 3.84. The Bertz CT molecular complexity index is 349. The molecular weight excluding hydrogens is 204 g/mol. The molecule has 0 fully saturated rings. The van der Waals surface area contributed by atoms with Gasteiger partial charge in [-0.3, -0.25) is 9.78 Å². The highest BCUT2D eigenvalue weighted by atomic mass is 16.3. The fourth-order valence-electron chi connectivity index (χ4n) is 1.29. The molecule has 0 spiro atoms. The van der Waals surface area contributed by atoms with Gasteiger partial charge >= 0.3 is 0 Å². The molecule has 1 unspecified atom stereocenters. The van der Waals surface area contributed by atoms with Gasteiger partial charge in [0.1, 0.15) is 0 Å². The molecule has 1 heterocycles. The maximum atomic E-state index is 11.9. The Morgan fingerprint density at radius 3 is 2.69 bits per heavy atom. The first-order valence-electron chi connectivity index (χ1n) is 5.43. The smallest absolute Gasteiger partial charge is 0.255 e. The van der Waals surface area contributed by atoms with E-state index in [0.29, 0.717) is 5.56 Å². The van der Waals surface area contributed by atoms with Crippen LogP contribution in [0.15, 0.2) is 18.3 Å². The van der Waals surface area contributed by atoms with Gasteiger partial charge in [-0.1, -0.05) is 6.92 Å². The summed E-state index contributed by atoms with van der Waals surface area (Å²) >= 11 is 0. The SMILES string of the molecule is CCc1ccc(C(=O)N(C)C(C)CO)cn1. The van der Waals surface area contributed by atoms with Crippen LogP contribution in [0.5, 0.6) is 0 Å². The fraction of sp³-hybridized carbons (Fsp3) is 0.500. The number of pyridine rings is 1. The van der Waals surface area contributed by atoms with Crippen molar-refractivity contribution in [3.63, 3.8) is 0 Å². The summed E-state index contributed by atoms with van der Waals surface area (Å²) in [7, 11) is 1.68. The fourth-order valence-corrected chi connectivity index (χ4v) is 1.29. The van der Waals surface area contributed by atoms with Gasteiger partial charge in [0, 0.05) is 18.9 Å². The highest BCUT2D eigenvalue weighted by molar-refractivity contribution is 5.93. The third-order valence-electron chi connectivity index (χ3n) is 2.68. The summed E-state index contributed by atoms with van der Waals surface area (Å²) in [5.41, 5.74) is 1.52. The lowest BCUT2D eigenvalue weighted by Gasteiger charge is -2.23. The number of carbonyl (C=O) groups excluding carboxylic acids is 1. The average molecular weight is 222 g/mol. The molecule has 0 aromatic carbocycles. The Balaban J connectivity index is 2.80. The van der Waals surface area contributed by atoms with Crippen molar-refractivity contribution in [2.75, 3.05) is 13.7 Å². The van der Waals surface area contributed by atoms with Crippen LogP contribution in [0, 0.1) is 0 Å². The van der Waals surface area contributed by atoms with Crippen molar-refractivity contribution in [1.29, 1.82) is 0 Å². The van der Waals surface area contributed by atoms with Crippen molar-refractivity contribution in [3.8, 4) is 0 Å². The van der Waals surface area contributed by atoms with Gasteiger partial charge in [0.2, 0.25) is 0 Å². The minimum atomic E-state index is -0.182. The van der Waals surface area contributed by atoms with Crippen molar-refractivity contribution >= 4 is 5.91 Å². The molecule has 0 radical (unpaired) electrons. The van der Waals surface area contributed by atoms with Crippen molar-refractivity contribution in [2.24, 2.45) is 0 Å². The molecule has 0 aliphatic carbocycles. The first-order chi connectivity index (χ1) is 7.60. The molecular formula is C12H18N2O2. The topological polar surface area (TPSA) is 53.4 Å². The molecule has 1 atom stereocenters. The molecule has 0 aliphatic rings. The van der Waals surface area contributed by atoms with Gasteiger partial charge in [-0.05, 0) is 25.5 Å². The van der Waals surface area contributed by atoms with E-state index in [1.165, 1.54) is 4.90 Å². The van der Waals surface area contributed by atoms with Crippen molar-refractivity contribution in [1.82, 2.24) is 9.88 Å². The molecule has 1 rings (SSSR count). The zero-order chi connectivity index (χ0) is 12.1. The van der Waals surface area contributed by atoms with Crippen LogP contribution < -0.4 is 0 Å². The van der Waals surface area contributed by atoms with E-state index < -0.39 is 0 Å². The number of nitrogens with zero attached hydrogens (tertiary/aromatic N) is 2. The quantitative estimate of drug-likeness (QED) is 0.830. The molecule has 1 aromatic rings. The van der Waals surface area contributed by atoms with Crippen LogP contribution in [0.4, 0.5) is 0 Å². The third-order valence-corrected chi connectivity index (χ3v) is 2.68. The summed E-state index contributed by atoms with van der Waals surface area (Å²) < 4.78 is 0. The molecule has 4 heteroatoms. The Hall–Kier alpha value is -1.42. The van der Waals surface area contributed by atoms with E-state index in [9.17, 15) is 4.79 Å². The number of aryl methyl sites for hydroxylation is 1. The van der Waals surface area contributed by atoms with Crippen LogP contribution in [0.1, 0.15) is 29.9 Å². The molecule has 1 N–H and O–H groups in total. The molecule has 0 saturated carbocycles. The Labute approximate surface area is 95.9 Å². The number of carbonyl (C=O) groups is 1. The zero-order valence-corrected chi connectivity index (χ0v) is 9.97. The summed E-state index contributed by atoms with van der Waals surface area (Å²) in [5, 5.41) is 8.97. The lowest BCUT2D eigenvalue weighted by molar-refractivity contribution is 0.0682. The Morgan fingerprint density at radius 1 is 1.56 bits per heavy atom. The van der Waals surface area contributed by atoms with E-state index in [4.69, 9.17) is 5.11 Å². The van der Waals surface area contributed by atoms with Gasteiger partial charge < -0.3 is 10.0 Å². The third kappa shape index (κ3) is 2.79. The molecule has 1 amide bonds. The van der Waals surface area contributed by atoms with Gasteiger partial charge in [-0.15, -0.1) is 0 Å². The average Bonchev–Trinajstić information content (AvgIpc) is 2.36. The number of aromatic nitrogens is 1. The maximum Gasteiger partial charge on any atom is 0.255 e. The second-order valence-corrected chi connectivity index (χ2v) is 3.84. The van der Waals surface area contributed by atoms with E-state index in [0.717, 1.165) is 12.1 Å². The molecule has 16 heavy (non-hydrogen) atoms. The van der Waals surface area contributed by atoms with Gasteiger partial charge in [0.15, 0.2) is 0 Å². The largest absolute Gasteiger partial charge is 0.394 e. The highest BCUT2D eigenvalue weighted by Crippen LogP contribution is 2.06. The first kappa shape index (κ1) is 12.6. The standard InChI is InChI=1S/C12H18N2O2/c1-4-11-6-5-10(7-13-11)12(16)14(3)9(2)8-15/h5-7,9,15H,4,8H2,1-3H3. The van der Waals surface area contributed by atoms with Crippen LogP contribution in [-0.2, 0) is 6.42 Å². The lowest BCUT2D eigenvalue weighted by Crippen LogP contribution is -2.37. The number of likely N-dealkylation sites (N-methyl/N-ethyl adjacent to an activating group) is 1. The molecule has 0 aliphatic heterocycles. The van der Waals surface area contributed by atoms with Gasteiger partial charge in [0.25, 0.3) is 5.91 Å². The van der Waals surface area contributed by atoms with Crippen molar-refractivity contribution < 1.29 is 9.90 Å². The Morgan fingerprint density at radius 2 is 2.25 bits per heavy atom. The summed E-state index contributed by atoms with van der Waals surface area (Å²) in [5.74, 6) is -0.114. The van der Waals surface area contributed by atoms with Crippen LogP contribution in [0.2, 0.25) is 0 Å². The van der Waals surface area contributed by atoms with Gasteiger partial charge in [0.05, 0.1) is 18.2 Å². The predicted molar refractivity (Wildman–Crippen MR) is 62.3 cm³/mol. The number of hydrogen-bond acceptors (Lipinski definition) is 3. The zero-order valence-electron chi connectivity index (χ0n) is 9.97. The normalized spacial score (nSPS) is 12.2. The molecule has 88 valence electrons. The number of rotatable bonds is 4. The molecule has 0 bridgehead atoms. The summed E-state index contributed by atoms with van der Waals surface area (Å²) in [6.45, 7) is 3.78. The van der Waals surface area contributed by atoms with E-state index >= 15 is 0 Å². The van der Waals surface area contributed by atoms with Crippen LogP contribution >= 0.6 is 0 Å². The maximum absolute atomic E-state index is 11.9. The van der Waals surface area contributed by atoms with Gasteiger partial charge in [-0.2, -0.15) is 0 Å². The minimum Gasteiger partial charge on any atom is -0.394 e. The minimum absolute atomic E-state index is 0.0390. The molecule has 0 saturated heterocycles. The number of amides is 1. The van der Waals surface area contributed by atoms with Crippen LogP contribution in [0.25, 0.3) is 0 Å². The summed E-state index contributed by atoms with van der Waals surface area (Å²) in [6.07, 6.45) is 2.44. The number of aliphatic hydroxyl groups excluding tert-OH is 1. The predicted octanol–water partition coefficient (Wildman–Crippen LogP) is 1.10. The van der Waals surface area contributed by atoms with Gasteiger partial charge in [-0.25, -0.2) is 0 Å². The lowest BCUT2D eigenvalue weighted by atomic mass is 10.2. The second kappa shape index (κ2) is 5.61. The van der Waals surface area contributed by atoms with E-state index in [1.807, 2.05) is 13.0 Å². The molecule has 1 aromatic heterocycles.